The molecule has 0 N–H and O–H groups in total. The van der Waals surface area contributed by atoms with Gasteiger partial charge in [0.15, 0.2) is 11.5 Å². The topological polar surface area (TPSA) is 55.8 Å². The molecule has 0 saturated carbocycles. The number of benzene rings is 3. The highest BCUT2D eigenvalue weighted by atomic mass is 127. The Morgan fingerprint density at radius 3 is 2.56 bits per heavy atom. The zero-order chi connectivity index (χ0) is 24.2. The van der Waals surface area contributed by atoms with Gasteiger partial charge in [-0.1, -0.05) is 46.3 Å². The average Bonchev–Trinajstić information content (AvgIpc) is 3.07. The lowest BCUT2D eigenvalue weighted by Gasteiger charge is -2.14. The monoisotopic (exact) mass is 653 g/mol. The van der Waals surface area contributed by atoms with Crippen molar-refractivity contribution in [2.24, 2.45) is 0 Å². The fraction of sp³-hybridized carbons (Fsp3) is 0.120. The zero-order valence-electron chi connectivity index (χ0n) is 17.9. The number of methoxy groups -OCH3 is 1. The van der Waals surface area contributed by atoms with Crippen LogP contribution in [-0.2, 0) is 17.9 Å². The van der Waals surface area contributed by atoms with Crippen molar-refractivity contribution >= 4 is 67.5 Å². The number of nitrogens with zero attached hydrogens (tertiary/aromatic N) is 1. The zero-order valence-corrected chi connectivity index (χ0v) is 22.4. The lowest BCUT2D eigenvalue weighted by atomic mass is 10.1. The summed E-state index contributed by atoms with van der Waals surface area (Å²) >= 11 is 6.50. The summed E-state index contributed by atoms with van der Waals surface area (Å²) in [6.07, 6.45) is 1.68. The third-order valence-electron chi connectivity index (χ3n) is 5.01. The van der Waals surface area contributed by atoms with Gasteiger partial charge >= 0.3 is 0 Å². The Morgan fingerprint density at radius 2 is 1.85 bits per heavy atom. The van der Waals surface area contributed by atoms with Crippen LogP contribution in [0.15, 0.2) is 70.0 Å². The summed E-state index contributed by atoms with van der Waals surface area (Å²) < 4.78 is 26.2. The van der Waals surface area contributed by atoms with Crippen LogP contribution < -0.4 is 9.47 Å². The number of imide groups is 1. The van der Waals surface area contributed by atoms with E-state index in [1.54, 1.807) is 24.3 Å². The molecule has 0 aromatic heterocycles. The highest BCUT2D eigenvalue weighted by molar-refractivity contribution is 14.1. The molecule has 1 fully saturated rings. The van der Waals surface area contributed by atoms with Crippen molar-refractivity contribution in [2.45, 2.75) is 13.2 Å². The number of carbonyl (C=O) groups is 2. The molecule has 0 aliphatic carbocycles. The second kappa shape index (κ2) is 10.9. The number of hydrogen-bond donors (Lipinski definition) is 0. The standard InChI is InChI=1S/C25H18BrFINO4S/c1-32-21-11-16(10-20(28)23(21)33-14-15-6-8-18(27)9-7-15)12-22-24(30)29(25(31)34-22)13-17-4-2-3-5-19(17)26/h2-12H,13-14H2,1H3/b22-12-. The molecule has 4 rings (SSSR count). The number of carbonyl (C=O) groups excluding carboxylic acids is 2. The molecule has 0 unspecified atom stereocenters. The Balaban J connectivity index is 1.53. The van der Waals surface area contributed by atoms with E-state index < -0.39 is 0 Å². The Labute approximate surface area is 222 Å². The Bertz CT molecular complexity index is 1280. The molecular formula is C25H18BrFINO4S. The van der Waals surface area contributed by atoms with E-state index in [4.69, 9.17) is 9.47 Å². The molecule has 9 heteroatoms. The van der Waals surface area contributed by atoms with Crippen LogP contribution >= 0.6 is 50.3 Å². The van der Waals surface area contributed by atoms with Crippen LogP contribution in [-0.4, -0.2) is 23.2 Å². The smallest absolute Gasteiger partial charge is 0.293 e. The second-order valence-corrected chi connectivity index (χ2v) is 10.3. The highest BCUT2D eigenvalue weighted by Gasteiger charge is 2.35. The predicted octanol–water partition coefficient (Wildman–Crippen LogP) is 7.02. The van der Waals surface area contributed by atoms with Crippen LogP contribution in [0.25, 0.3) is 6.08 Å². The van der Waals surface area contributed by atoms with Gasteiger partial charge in [0.1, 0.15) is 12.4 Å². The predicted molar refractivity (Wildman–Crippen MR) is 142 cm³/mol. The van der Waals surface area contributed by atoms with Crippen LogP contribution in [0.4, 0.5) is 9.18 Å². The van der Waals surface area contributed by atoms with Crippen molar-refractivity contribution < 1.29 is 23.5 Å². The first kappa shape index (κ1) is 24.7. The van der Waals surface area contributed by atoms with E-state index in [-0.39, 0.29) is 30.1 Å². The fourth-order valence-corrected chi connectivity index (χ4v) is 5.31. The van der Waals surface area contributed by atoms with Crippen molar-refractivity contribution in [1.29, 1.82) is 0 Å². The molecule has 1 aliphatic heterocycles. The summed E-state index contributed by atoms with van der Waals surface area (Å²) in [7, 11) is 1.53. The Kier molecular flexibility index (Phi) is 7.95. The first-order valence-corrected chi connectivity index (χ1v) is 12.8. The fourth-order valence-electron chi connectivity index (χ4n) is 3.28. The minimum atomic E-state index is -0.337. The molecule has 34 heavy (non-hydrogen) atoms. The van der Waals surface area contributed by atoms with Gasteiger partial charge in [0.05, 0.1) is 22.1 Å². The Hall–Kier alpha value is -2.37. The quantitative estimate of drug-likeness (QED) is 0.203. The molecule has 174 valence electrons. The van der Waals surface area contributed by atoms with E-state index in [0.29, 0.717) is 22.0 Å². The van der Waals surface area contributed by atoms with Gasteiger partial charge in [0.25, 0.3) is 11.1 Å². The molecule has 3 aromatic rings. The maximum Gasteiger partial charge on any atom is 0.293 e. The molecule has 0 radical (unpaired) electrons. The van der Waals surface area contributed by atoms with E-state index in [1.807, 2.05) is 30.3 Å². The molecule has 0 bridgehead atoms. The van der Waals surface area contributed by atoms with E-state index in [2.05, 4.69) is 38.5 Å². The normalized spacial score (nSPS) is 14.7. The largest absolute Gasteiger partial charge is 0.493 e. The molecule has 1 heterocycles. The first-order chi connectivity index (χ1) is 16.4. The maximum atomic E-state index is 13.1. The van der Waals surface area contributed by atoms with Gasteiger partial charge in [-0.15, -0.1) is 0 Å². The minimum absolute atomic E-state index is 0.195. The summed E-state index contributed by atoms with van der Waals surface area (Å²) in [6.45, 7) is 0.445. The van der Waals surface area contributed by atoms with Crippen LogP contribution in [0, 0.1) is 9.39 Å². The highest BCUT2D eigenvalue weighted by Crippen LogP contribution is 2.38. The van der Waals surface area contributed by atoms with Crippen LogP contribution in [0.2, 0.25) is 0 Å². The van der Waals surface area contributed by atoms with Crippen molar-refractivity contribution in [3.63, 3.8) is 0 Å². The minimum Gasteiger partial charge on any atom is -0.493 e. The van der Waals surface area contributed by atoms with Crippen LogP contribution in [0.1, 0.15) is 16.7 Å². The molecule has 2 amide bonds. The van der Waals surface area contributed by atoms with Crippen molar-refractivity contribution in [2.75, 3.05) is 7.11 Å². The van der Waals surface area contributed by atoms with Gasteiger partial charge in [0, 0.05) is 4.47 Å². The average molecular weight is 654 g/mol. The maximum absolute atomic E-state index is 13.1. The molecule has 1 aliphatic rings. The van der Waals surface area contributed by atoms with Gasteiger partial charge in [-0.3, -0.25) is 14.5 Å². The Morgan fingerprint density at radius 1 is 1.12 bits per heavy atom. The van der Waals surface area contributed by atoms with Gasteiger partial charge in [-0.25, -0.2) is 4.39 Å². The van der Waals surface area contributed by atoms with E-state index in [0.717, 1.165) is 30.9 Å². The molecule has 0 spiro atoms. The van der Waals surface area contributed by atoms with E-state index in [1.165, 1.54) is 24.1 Å². The summed E-state index contributed by atoms with van der Waals surface area (Å²) in [6, 6.07) is 17.2. The number of hydrogen-bond acceptors (Lipinski definition) is 5. The van der Waals surface area contributed by atoms with Gasteiger partial charge < -0.3 is 9.47 Å². The summed E-state index contributed by atoms with van der Waals surface area (Å²) in [5.41, 5.74) is 2.38. The molecule has 5 nitrogen and oxygen atoms in total. The third kappa shape index (κ3) is 5.64. The number of amides is 2. The molecule has 3 aromatic carbocycles. The first-order valence-electron chi connectivity index (χ1n) is 10.1. The van der Waals surface area contributed by atoms with E-state index >= 15 is 0 Å². The third-order valence-corrected chi connectivity index (χ3v) is 7.49. The molecule has 0 atom stereocenters. The van der Waals surface area contributed by atoms with Crippen molar-refractivity contribution in [3.8, 4) is 11.5 Å². The van der Waals surface area contributed by atoms with Crippen molar-refractivity contribution in [3.05, 3.63) is 96.1 Å². The van der Waals surface area contributed by atoms with Gasteiger partial charge in [-0.05, 0) is 87.5 Å². The number of thioether (sulfide) groups is 1. The summed E-state index contributed by atoms with van der Waals surface area (Å²) in [5, 5.41) is -0.312. The van der Waals surface area contributed by atoms with Crippen LogP contribution in [0.3, 0.4) is 0 Å². The number of rotatable bonds is 7. The number of halogens is 3. The second-order valence-electron chi connectivity index (χ2n) is 7.31. The summed E-state index contributed by atoms with van der Waals surface area (Å²) in [4.78, 5) is 27.0. The van der Waals surface area contributed by atoms with Gasteiger partial charge in [-0.2, -0.15) is 0 Å². The van der Waals surface area contributed by atoms with Gasteiger partial charge in [0.2, 0.25) is 0 Å². The SMILES string of the molecule is COc1cc(/C=C2\SC(=O)N(Cc3ccccc3Br)C2=O)cc(I)c1OCc1ccc(F)cc1. The lowest BCUT2D eigenvalue weighted by molar-refractivity contribution is -0.123. The molecular weight excluding hydrogens is 636 g/mol. The van der Waals surface area contributed by atoms with Crippen LogP contribution in [0.5, 0.6) is 11.5 Å². The summed E-state index contributed by atoms with van der Waals surface area (Å²) in [5.74, 6) is 0.400. The lowest BCUT2D eigenvalue weighted by Crippen LogP contribution is -2.27. The van der Waals surface area contributed by atoms with Crippen molar-refractivity contribution in [1.82, 2.24) is 4.90 Å². The van der Waals surface area contributed by atoms with E-state index in [9.17, 15) is 14.0 Å². The molecule has 1 saturated heterocycles. The number of ether oxygens (including phenoxy) is 2.